The van der Waals surface area contributed by atoms with Crippen molar-refractivity contribution < 1.29 is 9.21 Å². The van der Waals surface area contributed by atoms with Crippen molar-refractivity contribution in [3.63, 3.8) is 0 Å². The lowest BCUT2D eigenvalue weighted by Gasteiger charge is -2.00. The van der Waals surface area contributed by atoms with Crippen LogP contribution in [0.3, 0.4) is 0 Å². The van der Waals surface area contributed by atoms with Crippen LogP contribution in [0.1, 0.15) is 10.8 Å². The van der Waals surface area contributed by atoms with Crippen LogP contribution < -0.4 is 5.32 Å². The van der Waals surface area contributed by atoms with Crippen LogP contribution in [0.4, 0.5) is 0 Å². The van der Waals surface area contributed by atoms with Gasteiger partial charge in [0.15, 0.2) is 0 Å². The number of thiophene rings is 2. The fraction of sp³-hybridized carbons (Fsp3) is 0.154. The first kappa shape index (κ1) is 13.0. The Bertz CT molecular complexity index is 674. The summed E-state index contributed by atoms with van der Waals surface area (Å²) in [6.45, 7) is 0.530. The SMILES string of the molecule is O=C(Cc1nnc(-c2ccsc2)o1)NCc1cccs1. The van der Waals surface area contributed by atoms with Gasteiger partial charge in [0.25, 0.3) is 0 Å². The molecule has 5 nitrogen and oxygen atoms in total. The monoisotopic (exact) mass is 305 g/mol. The molecule has 1 N–H and O–H groups in total. The molecule has 0 fully saturated rings. The highest BCUT2D eigenvalue weighted by atomic mass is 32.1. The largest absolute Gasteiger partial charge is 0.420 e. The average Bonchev–Trinajstić information content (AvgIpc) is 3.18. The van der Waals surface area contributed by atoms with Crippen LogP contribution >= 0.6 is 22.7 Å². The molecule has 0 saturated carbocycles. The molecule has 3 rings (SSSR count). The number of amides is 1. The summed E-state index contributed by atoms with van der Waals surface area (Å²) in [5.41, 5.74) is 0.882. The molecule has 0 radical (unpaired) electrons. The van der Waals surface area contributed by atoms with E-state index in [9.17, 15) is 4.79 Å². The molecular weight excluding hydrogens is 294 g/mol. The quantitative estimate of drug-likeness (QED) is 0.787. The Balaban J connectivity index is 1.56. The molecular formula is C13H11N3O2S2. The molecule has 0 aliphatic heterocycles. The van der Waals surface area contributed by atoms with E-state index in [1.807, 2.05) is 34.3 Å². The molecule has 20 heavy (non-hydrogen) atoms. The standard InChI is InChI=1S/C13H11N3O2S2/c17-11(14-7-10-2-1-4-20-10)6-12-15-16-13(18-12)9-3-5-19-8-9/h1-5,8H,6-7H2,(H,14,17). The molecule has 0 saturated heterocycles. The Morgan fingerprint density at radius 2 is 2.25 bits per heavy atom. The third-order valence-corrected chi connectivity index (χ3v) is 4.15. The Labute approximate surface area is 123 Å². The smallest absolute Gasteiger partial charge is 0.248 e. The van der Waals surface area contributed by atoms with Crippen molar-refractivity contribution >= 4 is 28.6 Å². The van der Waals surface area contributed by atoms with E-state index in [2.05, 4.69) is 15.5 Å². The second-order valence-electron chi connectivity index (χ2n) is 4.05. The summed E-state index contributed by atoms with van der Waals surface area (Å²) in [5, 5.41) is 16.5. The molecule has 0 atom stereocenters. The van der Waals surface area contributed by atoms with Gasteiger partial charge in [0.1, 0.15) is 6.42 Å². The van der Waals surface area contributed by atoms with Crippen molar-refractivity contribution in [2.75, 3.05) is 0 Å². The van der Waals surface area contributed by atoms with Crippen LogP contribution in [0.2, 0.25) is 0 Å². The van der Waals surface area contributed by atoms with Gasteiger partial charge in [0, 0.05) is 15.8 Å². The van der Waals surface area contributed by atoms with E-state index < -0.39 is 0 Å². The summed E-state index contributed by atoms with van der Waals surface area (Å²) >= 11 is 3.17. The first-order chi connectivity index (χ1) is 9.81. The van der Waals surface area contributed by atoms with Gasteiger partial charge in [-0.15, -0.1) is 21.5 Å². The summed E-state index contributed by atoms with van der Waals surface area (Å²) < 4.78 is 5.46. The summed E-state index contributed by atoms with van der Waals surface area (Å²) in [4.78, 5) is 12.9. The van der Waals surface area contributed by atoms with Crippen LogP contribution in [-0.2, 0) is 17.8 Å². The number of nitrogens with zero attached hydrogens (tertiary/aromatic N) is 2. The normalized spacial score (nSPS) is 10.6. The second kappa shape index (κ2) is 5.98. The van der Waals surface area contributed by atoms with Crippen molar-refractivity contribution in [1.29, 1.82) is 0 Å². The zero-order valence-corrected chi connectivity index (χ0v) is 12.0. The van der Waals surface area contributed by atoms with Crippen molar-refractivity contribution in [3.05, 3.63) is 45.1 Å². The van der Waals surface area contributed by atoms with Crippen molar-refractivity contribution in [2.45, 2.75) is 13.0 Å². The van der Waals surface area contributed by atoms with Crippen LogP contribution in [0.25, 0.3) is 11.5 Å². The number of carbonyl (C=O) groups excluding carboxylic acids is 1. The number of hydrogen-bond donors (Lipinski definition) is 1. The molecule has 0 bridgehead atoms. The maximum absolute atomic E-state index is 11.8. The molecule has 3 aromatic rings. The van der Waals surface area contributed by atoms with E-state index >= 15 is 0 Å². The topological polar surface area (TPSA) is 68.0 Å². The van der Waals surface area contributed by atoms with E-state index in [1.54, 1.807) is 22.7 Å². The molecule has 102 valence electrons. The van der Waals surface area contributed by atoms with E-state index in [4.69, 9.17) is 4.42 Å². The predicted molar refractivity (Wildman–Crippen MR) is 77.5 cm³/mol. The highest BCUT2D eigenvalue weighted by Gasteiger charge is 2.12. The lowest BCUT2D eigenvalue weighted by molar-refractivity contribution is -0.120. The van der Waals surface area contributed by atoms with E-state index in [0.717, 1.165) is 10.4 Å². The lowest BCUT2D eigenvalue weighted by atomic mass is 10.3. The molecule has 0 aliphatic carbocycles. The molecule has 0 unspecified atom stereocenters. The highest BCUT2D eigenvalue weighted by Crippen LogP contribution is 2.20. The van der Waals surface area contributed by atoms with Gasteiger partial charge in [-0.25, -0.2) is 0 Å². The molecule has 0 aromatic carbocycles. The highest BCUT2D eigenvalue weighted by molar-refractivity contribution is 7.09. The third-order valence-electron chi connectivity index (χ3n) is 2.59. The van der Waals surface area contributed by atoms with Gasteiger partial charge in [0.05, 0.1) is 6.54 Å². The summed E-state index contributed by atoms with van der Waals surface area (Å²) in [6.07, 6.45) is 0.0997. The van der Waals surface area contributed by atoms with Gasteiger partial charge in [-0.05, 0) is 22.9 Å². The van der Waals surface area contributed by atoms with Crippen LogP contribution in [0, 0.1) is 0 Å². The lowest BCUT2D eigenvalue weighted by Crippen LogP contribution is -2.24. The first-order valence-electron chi connectivity index (χ1n) is 5.95. The minimum atomic E-state index is -0.126. The van der Waals surface area contributed by atoms with Crippen molar-refractivity contribution in [2.24, 2.45) is 0 Å². The second-order valence-corrected chi connectivity index (χ2v) is 5.86. The summed E-state index contributed by atoms with van der Waals surface area (Å²) in [7, 11) is 0. The molecule has 0 aliphatic rings. The fourth-order valence-corrected chi connectivity index (χ4v) is 2.90. The number of rotatable bonds is 5. The maximum Gasteiger partial charge on any atom is 0.248 e. The van der Waals surface area contributed by atoms with Crippen LogP contribution in [0.5, 0.6) is 0 Å². The summed E-state index contributed by atoms with van der Waals surface area (Å²) in [6, 6.07) is 5.84. The fourth-order valence-electron chi connectivity index (χ4n) is 1.63. The van der Waals surface area contributed by atoms with Crippen molar-refractivity contribution in [1.82, 2.24) is 15.5 Å². The predicted octanol–water partition coefficient (Wildman–Crippen LogP) is 2.72. The van der Waals surface area contributed by atoms with Crippen LogP contribution in [-0.4, -0.2) is 16.1 Å². The Morgan fingerprint density at radius 3 is 3.00 bits per heavy atom. The van der Waals surface area contributed by atoms with Gasteiger partial charge in [0.2, 0.25) is 17.7 Å². The number of nitrogens with one attached hydrogen (secondary N) is 1. The van der Waals surface area contributed by atoms with Crippen LogP contribution in [0.15, 0.2) is 38.8 Å². The number of hydrogen-bond acceptors (Lipinski definition) is 6. The van der Waals surface area contributed by atoms with E-state index in [1.165, 1.54) is 0 Å². The summed E-state index contributed by atoms with van der Waals surface area (Å²) in [5.74, 6) is 0.654. The third kappa shape index (κ3) is 3.12. The van der Waals surface area contributed by atoms with Gasteiger partial charge in [-0.2, -0.15) is 11.3 Å². The molecule has 7 heteroatoms. The van der Waals surface area contributed by atoms with E-state index in [-0.39, 0.29) is 12.3 Å². The number of aromatic nitrogens is 2. The Hall–Kier alpha value is -1.99. The van der Waals surface area contributed by atoms with Gasteiger partial charge >= 0.3 is 0 Å². The Kier molecular flexibility index (Phi) is 3.89. The molecule has 1 amide bonds. The van der Waals surface area contributed by atoms with Gasteiger partial charge in [-0.1, -0.05) is 6.07 Å². The average molecular weight is 305 g/mol. The van der Waals surface area contributed by atoms with Gasteiger partial charge in [-0.3, -0.25) is 4.79 Å². The molecule has 3 aromatic heterocycles. The maximum atomic E-state index is 11.8. The Morgan fingerprint density at radius 1 is 1.30 bits per heavy atom. The first-order valence-corrected chi connectivity index (χ1v) is 7.77. The van der Waals surface area contributed by atoms with Gasteiger partial charge < -0.3 is 9.73 Å². The zero-order chi connectivity index (χ0) is 13.8. The zero-order valence-electron chi connectivity index (χ0n) is 10.4. The van der Waals surface area contributed by atoms with E-state index in [0.29, 0.717) is 18.3 Å². The minimum Gasteiger partial charge on any atom is -0.420 e. The number of carbonyl (C=O) groups is 1. The minimum absolute atomic E-state index is 0.0997. The molecule has 3 heterocycles. The molecule has 0 spiro atoms. The van der Waals surface area contributed by atoms with Crippen molar-refractivity contribution in [3.8, 4) is 11.5 Å².